The van der Waals surface area contributed by atoms with Crippen molar-refractivity contribution in [1.82, 2.24) is 14.7 Å². The summed E-state index contributed by atoms with van der Waals surface area (Å²) in [7, 11) is 0. The summed E-state index contributed by atoms with van der Waals surface area (Å²) >= 11 is 0. The first-order chi connectivity index (χ1) is 11.3. The van der Waals surface area contributed by atoms with E-state index in [1.165, 1.54) is 0 Å². The molecule has 3 rings (SSSR count). The summed E-state index contributed by atoms with van der Waals surface area (Å²) in [5, 5.41) is 22.8. The first-order valence-corrected chi connectivity index (χ1v) is 8.14. The number of benzene rings is 1. The third kappa shape index (κ3) is 3.79. The van der Waals surface area contributed by atoms with Gasteiger partial charge in [-0.15, -0.1) is 0 Å². The number of hydrogen-bond donors (Lipinski definition) is 1. The van der Waals surface area contributed by atoms with Crippen LogP contribution >= 0.6 is 0 Å². The van der Waals surface area contributed by atoms with Crippen LogP contribution in [0.1, 0.15) is 35.6 Å². The predicted molar refractivity (Wildman–Crippen MR) is 87.7 cm³/mol. The van der Waals surface area contributed by atoms with Gasteiger partial charge >= 0.3 is 0 Å². The van der Waals surface area contributed by atoms with E-state index in [1.54, 1.807) is 4.68 Å². The van der Waals surface area contributed by atoms with Crippen molar-refractivity contribution in [3.63, 3.8) is 0 Å². The standard InChI is InChI=1S/C18H22N4O/c19-12-15-4-1-2-5-16(15)13-21-8-3-6-17(14-21)18-7-9-22(20-18)10-11-23/h1-2,4-5,7,9,17,23H,3,6,8,10-11,13-14H2. The van der Waals surface area contributed by atoms with E-state index in [2.05, 4.69) is 22.1 Å². The summed E-state index contributed by atoms with van der Waals surface area (Å²) < 4.78 is 1.80. The van der Waals surface area contributed by atoms with Crippen molar-refractivity contribution < 1.29 is 5.11 Å². The molecule has 0 radical (unpaired) electrons. The van der Waals surface area contributed by atoms with Crippen LogP contribution in [0.25, 0.3) is 0 Å². The molecular formula is C18H22N4O. The van der Waals surface area contributed by atoms with Crippen LogP contribution in [0.15, 0.2) is 36.5 Å². The summed E-state index contributed by atoms with van der Waals surface area (Å²) in [6.45, 7) is 3.51. The number of likely N-dealkylation sites (tertiary alicyclic amines) is 1. The molecule has 1 saturated heterocycles. The summed E-state index contributed by atoms with van der Waals surface area (Å²) in [5.41, 5.74) is 2.97. The maximum atomic E-state index is 9.23. The average molecular weight is 310 g/mol. The lowest BCUT2D eigenvalue weighted by molar-refractivity contribution is 0.197. The first-order valence-electron chi connectivity index (χ1n) is 8.14. The Bertz CT molecular complexity index is 688. The molecule has 23 heavy (non-hydrogen) atoms. The third-order valence-corrected chi connectivity index (χ3v) is 4.45. The average Bonchev–Trinajstić information content (AvgIpc) is 3.05. The molecule has 1 atom stereocenters. The Kier molecular flexibility index (Phi) is 5.06. The van der Waals surface area contributed by atoms with Crippen molar-refractivity contribution in [1.29, 1.82) is 5.26 Å². The first kappa shape index (κ1) is 15.7. The Hall–Kier alpha value is -2.16. The molecule has 5 nitrogen and oxygen atoms in total. The van der Waals surface area contributed by atoms with Crippen LogP contribution in [0, 0.1) is 11.3 Å². The molecule has 120 valence electrons. The van der Waals surface area contributed by atoms with E-state index in [1.807, 2.05) is 30.5 Å². The second kappa shape index (κ2) is 7.40. The summed E-state index contributed by atoms with van der Waals surface area (Å²) in [6.07, 6.45) is 4.23. The van der Waals surface area contributed by atoms with Crippen LogP contribution in [-0.2, 0) is 13.1 Å². The molecule has 5 heteroatoms. The zero-order chi connectivity index (χ0) is 16.1. The highest BCUT2D eigenvalue weighted by molar-refractivity contribution is 5.37. The highest BCUT2D eigenvalue weighted by Gasteiger charge is 2.23. The van der Waals surface area contributed by atoms with Gasteiger partial charge in [-0.2, -0.15) is 10.4 Å². The van der Waals surface area contributed by atoms with E-state index < -0.39 is 0 Å². The lowest BCUT2D eigenvalue weighted by Gasteiger charge is -2.32. The molecule has 0 saturated carbocycles. The zero-order valence-corrected chi connectivity index (χ0v) is 13.2. The van der Waals surface area contributed by atoms with E-state index >= 15 is 0 Å². The van der Waals surface area contributed by atoms with Crippen molar-refractivity contribution in [2.75, 3.05) is 19.7 Å². The van der Waals surface area contributed by atoms with Crippen molar-refractivity contribution in [3.05, 3.63) is 53.3 Å². The molecule has 2 aromatic rings. The minimum atomic E-state index is 0.114. The number of nitrogens with zero attached hydrogens (tertiary/aromatic N) is 4. The molecule has 1 fully saturated rings. The van der Waals surface area contributed by atoms with Gasteiger partial charge in [-0.25, -0.2) is 0 Å². The molecule has 2 heterocycles. The van der Waals surface area contributed by atoms with Gasteiger partial charge in [0.25, 0.3) is 0 Å². The number of aromatic nitrogens is 2. The normalized spacial score (nSPS) is 18.7. The monoisotopic (exact) mass is 310 g/mol. The second-order valence-electron chi connectivity index (χ2n) is 6.07. The number of nitriles is 1. The quantitative estimate of drug-likeness (QED) is 0.919. The predicted octanol–water partition coefficient (Wildman–Crippen LogP) is 2.13. The van der Waals surface area contributed by atoms with Crippen LogP contribution in [-0.4, -0.2) is 39.5 Å². The van der Waals surface area contributed by atoms with E-state index in [9.17, 15) is 5.26 Å². The van der Waals surface area contributed by atoms with Crippen LogP contribution in [0.2, 0.25) is 0 Å². The maximum Gasteiger partial charge on any atom is 0.0995 e. The Morgan fingerprint density at radius 3 is 3.00 bits per heavy atom. The van der Waals surface area contributed by atoms with E-state index in [0.717, 1.165) is 49.3 Å². The van der Waals surface area contributed by atoms with Crippen LogP contribution in [0.4, 0.5) is 0 Å². The minimum Gasteiger partial charge on any atom is -0.394 e. The van der Waals surface area contributed by atoms with Gasteiger partial charge in [0.2, 0.25) is 0 Å². The number of hydrogen-bond acceptors (Lipinski definition) is 4. The maximum absolute atomic E-state index is 9.23. The zero-order valence-electron chi connectivity index (χ0n) is 13.2. The van der Waals surface area contributed by atoms with Gasteiger partial charge < -0.3 is 5.11 Å². The van der Waals surface area contributed by atoms with Gasteiger partial charge in [0.05, 0.1) is 30.5 Å². The highest BCUT2D eigenvalue weighted by atomic mass is 16.3. The van der Waals surface area contributed by atoms with Crippen LogP contribution in [0.3, 0.4) is 0 Å². The van der Waals surface area contributed by atoms with Gasteiger partial charge in [-0.3, -0.25) is 9.58 Å². The molecule has 0 spiro atoms. The lowest BCUT2D eigenvalue weighted by atomic mass is 9.94. The number of rotatable bonds is 5. The van der Waals surface area contributed by atoms with Crippen molar-refractivity contribution in [2.24, 2.45) is 0 Å². The van der Waals surface area contributed by atoms with Crippen molar-refractivity contribution >= 4 is 0 Å². The number of aliphatic hydroxyl groups is 1. The summed E-state index contributed by atoms with van der Waals surface area (Å²) in [6, 6.07) is 12.2. The molecular weight excluding hydrogens is 288 g/mol. The number of piperidine rings is 1. The molecule has 0 bridgehead atoms. The molecule has 1 aliphatic rings. The Balaban J connectivity index is 1.67. The van der Waals surface area contributed by atoms with E-state index in [0.29, 0.717) is 12.5 Å². The smallest absolute Gasteiger partial charge is 0.0995 e. The second-order valence-corrected chi connectivity index (χ2v) is 6.07. The fourth-order valence-corrected chi connectivity index (χ4v) is 3.27. The van der Waals surface area contributed by atoms with Crippen molar-refractivity contribution in [3.8, 4) is 6.07 Å². The summed E-state index contributed by atoms with van der Waals surface area (Å²) in [4.78, 5) is 2.41. The molecule has 1 aromatic heterocycles. The van der Waals surface area contributed by atoms with Gasteiger partial charge in [-0.1, -0.05) is 18.2 Å². The molecule has 0 aliphatic carbocycles. The van der Waals surface area contributed by atoms with E-state index in [4.69, 9.17) is 5.11 Å². The minimum absolute atomic E-state index is 0.114. The van der Waals surface area contributed by atoms with Gasteiger partial charge in [0, 0.05) is 25.2 Å². The Labute approximate surface area is 136 Å². The van der Waals surface area contributed by atoms with Crippen LogP contribution < -0.4 is 0 Å². The molecule has 0 amide bonds. The number of aliphatic hydroxyl groups excluding tert-OH is 1. The Morgan fingerprint density at radius 2 is 2.17 bits per heavy atom. The fraction of sp³-hybridized carbons (Fsp3) is 0.444. The SMILES string of the molecule is N#Cc1ccccc1CN1CCCC(c2ccn(CCO)n2)C1. The van der Waals surface area contributed by atoms with E-state index in [-0.39, 0.29) is 6.61 Å². The van der Waals surface area contributed by atoms with Crippen LogP contribution in [0.5, 0.6) is 0 Å². The third-order valence-electron chi connectivity index (χ3n) is 4.45. The Morgan fingerprint density at radius 1 is 1.30 bits per heavy atom. The molecule has 1 aromatic carbocycles. The van der Waals surface area contributed by atoms with Crippen molar-refractivity contribution in [2.45, 2.75) is 31.8 Å². The molecule has 1 N–H and O–H groups in total. The lowest BCUT2D eigenvalue weighted by Crippen LogP contribution is -2.34. The van der Waals surface area contributed by atoms with Gasteiger partial charge in [0.15, 0.2) is 0 Å². The van der Waals surface area contributed by atoms with Gasteiger partial charge in [0.1, 0.15) is 0 Å². The largest absolute Gasteiger partial charge is 0.394 e. The highest BCUT2D eigenvalue weighted by Crippen LogP contribution is 2.27. The molecule has 1 unspecified atom stereocenters. The topological polar surface area (TPSA) is 65.1 Å². The molecule has 1 aliphatic heterocycles. The summed E-state index contributed by atoms with van der Waals surface area (Å²) in [5.74, 6) is 0.429. The van der Waals surface area contributed by atoms with Gasteiger partial charge in [-0.05, 0) is 37.1 Å². The fourth-order valence-electron chi connectivity index (χ4n) is 3.27.